The van der Waals surface area contributed by atoms with E-state index in [9.17, 15) is 5.11 Å². The first-order chi connectivity index (χ1) is 9.69. The summed E-state index contributed by atoms with van der Waals surface area (Å²) in [4.78, 5) is 0. The van der Waals surface area contributed by atoms with Crippen molar-refractivity contribution in [2.75, 3.05) is 18.5 Å². The van der Waals surface area contributed by atoms with Crippen LogP contribution in [-0.2, 0) is 4.74 Å². The van der Waals surface area contributed by atoms with Crippen molar-refractivity contribution in [2.24, 2.45) is 0 Å². The zero-order valence-corrected chi connectivity index (χ0v) is 12.1. The Hall–Kier alpha value is -1.28. The van der Waals surface area contributed by atoms with Gasteiger partial charge in [0.05, 0.1) is 29.4 Å². The number of ether oxygens (including phenoxy) is 1. The quantitative estimate of drug-likeness (QED) is 0.846. The molecular formula is C15H19ClN2O2. The summed E-state index contributed by atoms with van der Waals surface area (Å²) in [5.74, 6) is 0. The van der Waals surface area contributed by atoms with Crippen LogP contribution in [-0.4, -0.2) is 30.5 Å². The van der Waals surface area contributed by atoms with Gasteiger partial charge in [0.25, 0.3) is 0 Å². The van der Waals surface area contributed by atoms with E-state index < -0.39 is 6.10 Å². The van der Waals surface area contributed by atoms with Gasteiger partial charge in [-0.2, -0.15) is 5.26 Å². The minimum absolute atomic E-state index is 0.314. The highest BCUT2D eigenvalue weighted by molar-refractivity contribution is 6.32. The van der Waals surface area contributed by atoms with Gasteiger partial charge in [-0.15, -0.1) is 0 Å². The summed E-state index contributed by atoms with van der Waals surface area (Å²) < 4.78 is 5.65. The Labute approximate surface area is 124 Å². The number of halogens is 1. The SMILES string of the molecule is N#Cc1ccc(NCC(O)COC2CCCC2)cc1Cl. The maximum Gasteiger partial charge on any atom is 0.101 e. The van der Waals surface area contributed by atoms with Crippen LogP contribution in [0.15, 0.2) is 18.2 Å². The fourth-order valence-corrected chi connectivity index (χ4v) is 2.54. The van der Waals surface area contributed by atoms with Crippen molar-refractivity contribution >= 4 is 17.3 Å². The summed E-state index contributed by atoms with van der Waals surface area (Å²) in [6, 6.07) is 7.13. The molecule has 0 aliphatic heterocycles. The molecule has 1 unspecified atom stereocenters. The number of nitriles is 1. The van der Waals surface area contributed by atoms with Crippen molar-refractivity contribution in [2.45, 2.75) is 37.9 Å². The summed E-state index contributed by atoms with van der Waals surface area (Å²) in [5, 5.41) is 22.2. The second kappa shape index (κ2) is 7.49. The normalized spacial score (nSPS) is 16.9. The first kappa shape index (κ1) is 15.1. The van der Waals surface area contributed by atoms with E-state index in [1.165, 1.54) is 12.8 Å². The number of aliphatic hydroxyl groups excluding tert-OH is 1. The predicted octanol–water partition coefficient (Wildman–Crippen LogP) is 2.94. The number of nitrogens with zero attached hydrogens (tertiary/aromatic N) is 1. The molecule has 0 saturated heterocycles. The smallest absolute Gasteiger partial charge is 0.101 e. The highest BCUT2D eigenvalue weighted by Crippen LogP contribution is 2.21. The Morgan fingerprint density at radius 1 is 1.45 bits per heavy atom. The third-order valence-corrected chi connectivity index (χ3v) is 3.77. The first-order valence-corrected chi connectivity index (χ1v) is 7.30. The molecule has 0 amide bonds. The van der Waals surface area contributed by atoms with Crippen LogP contribution in [0, 0.1) is 11.3 Å². The predicted molar refractivity (Wildman–Crippen MR) is 78.9 cm³/mol. The van der Waals surface area contributed by atoms with E-state index in [-0.39, 0.29) is 0 Å². The van der Waals surface area contributed by atoms with Crippen LogP contribution in [0.4, 0.5) is 5.69 Å². The highest BCUT2D eigenvalue weighted by Gasteiger charge is 2.16. The average Bonchev–Trinajstić information content (AvgIpc) is 2.96. The van der Waals surface area contributed by atoms with E-state index >= 15 is 0 Å². The molecule has 4 nitrogen and oxygen atoms in total. The number of hydrogen-bond acceptors (Lipinski definition) is 4. The van der Waals surface area contributed by atoms with Crippen LogP contribution in [0.5, 0.6) is 0 Å². The van der Waals surface area contributed by atoms with Crippen LogP contribution >= 0.6 is 11.6 Å². The van der Waals surface area contributed by atoms with E-state index in [2.05, 4.69) is 5.32 Å². The lowest BCUT2D eigenvalue weighted by molar-refractivity contribution is -0.00117. The lowest BCUT2D eigenvalue weighted by Gasteiger charge is -2.16. The van der Waals surface area contributed by atoms with Gasteiger partial charge in [-0.25, -0.2) is 0 Å². The van der Waals surface area contributed by atoms with E-state index in [0.29, 0.717) is 29.8 Å². The number of benzene rings is 1. The van der Waals surface area contributed by atoms with Gasteiger partial charge >= 0.3 is 0 Å². The van der Waals surface area contributed by atoms with Crippen molar-refractivity contribution in [3.05, 3.63) is 28.8 Å². The van der Waals surface area contributed by atoms with E-state index in [1.54, 1.807) is 18.2 Å². The van der Waals surface area contributed by atoms with Crippen LogP contribution in [0.25, 0.3) is 0 Å². The topological polar surface area (TPSA) is 65.3 Å². The van der Waals surface area contributed by atoms with Gasteiger partial charge in [-0.3, -0.25) is 0 Å². The molecule has 20 heavy (non-hydrogen) atoms. The minimum Gasteiger partial charge on any atom is -0.389 e. The van der Waals surface area contributed by atoms with Gasteiger partial charge in [0.1, 0.15) is 6.07 Å². The highest BCUT2D eigenvalue weighted by atomic mass is 35.5. The molecule has 2 rings (SSSR count). The number of rotatable bonds is 6. The molecule has 0 spiro atoms. The standard InChI is InChI=1S/C15H19ClN2O2/c16-15-7-12(6-5-11(15)8-17)18-9-13(19)10-20-14-3-1-2-4-14/h5-7,13-14,18-19H,1-4,9-10H2. The monoisotopic (exact) mass is 294 g/mol. The fraction of sp³-hybridized carbons (Fsp3) is 0.533. The second-order valence-electron chi connectivity index (χ2n) is 5.08. The van der Waals surface area contributed by atoms with Crippen molar-refractivity contribution in [3.8, 4) is 6.07 Å². The third kappa shape index (κ3) is 4.38. The molecular weight excluding hydrogens is 276 g/mol. The molecule has 1 aromatic carbocycles. The van der Waals surface area contributed by atoms with Crippen molar-refractivity contribution in [1.29, 1.82) is 5.26 Å². The average molecular weight is 295 g/mol. The van der Waals surface area contributed by atoms with E-state index in [1.807, 2.05) is 6.07 Å². The molecule has 0 bridgehead atoms. The molecule has 0 heterocycles. The molecule has 1 atom stereocenters. The molecule has 5 heteroatoms. The fourth-order valence-electron chi connectivity index (χ4n) is 2.31. The number of anilines is 1. The lowest BCUT2D eigenvalue weighted by Crippen LogP contribution is -2.27. The van der Waals surface area contributed by atoms with Gasteiger partial charge in [0.15, 0.2) is 0 Å². The summed E-state index contributed by atoms with van der Waals surface area (Å²) >= 11 is 5.94. The van der Waals surface area contributed by atoms with Gasteiger partial charge in [0.2, 0.25) is 0 Å². The molecule has 2 N–H and O–H groups in total. The zero-order chi connectivity index (χ0) is 14.4. The summed E-state index contributed by atoms with van der Waals surface area (Å²) in [6.45, 7) is 0.747. The van der Waals surface area contributed by atoms with Crippen molar-refractivity contribution < 1.29 is 9.84 Å². The van der Waals surface area contributed by atoms with Crippen molar-refractivity contribution in [3.63, 3.8) is 0 Å². The van der Waals surface area contributed by atoms with Crippen LogP contribution in [0.3, 0.4) is 0 Å². The summed E-state index contributed by atoms with van der Waals surface area (Å²) in [6.07, 6.45) is 4.42. The van der Waals surface area contributed by atoms with Crippen LogP contribution in [0.2, 0.25) is 5.02 Å². The number of aliphatic hydroxyl groups is 1. The lowest BCUT2D eigenvalue weighted by atomic mass is 10.2. The number of hydrogen-bond donors (Lipinski definition) is 2. The van der Waals surface area contributed by atoms with Gasteiger partial charge in [-0.1, -0.05) is 24.4 Å². The van der Waals surface area contributed by atoms with Crippen LogP contribution < -0.4 is 5.32 Å². The maximum absolute atomic E-state index is 9.87. The molecule has 1 aliphatic rings. The molecule has 108 valence electrons. The Balaban J connectivity index is 1.73. The summed E-state index contributed by atoms with van der Waals surface area (Å²) in [7, 11) is 0. The Morgan fingerprint density at radius 2 is 2.20 bits per heavy atom. The maximum atomic E-state index is 9.87. The molecule has 0 radical (unpaired) electrons. The molecule has 0 aromatic heterocycles. The Bertz CT molecular complexity index is 481. The van der Waals surface area contributed by atoms with Crippen molar-refractivity contribution in [1.82, 2.24) is 0 Å². The van der Waals surface area contributed by atoms with Crippen LogP contribution in [0.1, 0.15) is 31.2 Å². The first-order valence-electron chi connectivity index (χ1n) is 6.92. The number of nitrogens with one attached hydrogen (secondary N) is 1. The Morgan fingerprint density at radius 3 is 2.85 bits per heavy atom. The minimum atomic E-state index is -0.551. The largest absolute Gasteiger partial charge is 0.389 e. The third-order valence-electron chi connectivity index (χ3n) is 3.46. The Kier molecular flexibility index (Phi) is 5.66. The van der Waals surface area contributed by atoms with Gasteiger partial charge < -0.3 is 15.2 Å². The van der Waals surface area contributed by atoms with E-state index in [4.69, 9.17) is 21.6 Å². The summed E-state index contributed by atoms with van der Waals surface area (Å²) in [5.41, 5.74) is 1.23. The van der Waals surface area contributed by atoms with E-state index in [0.717, 1.165) is 18.5 Å². The molecule has 1 saturated carbocycles. The molecule has 1 fully saturated rings. The zero-order valence-electron chi connectivity index (χ0n) is 11.3. The molecule has 1 aromatic rings. The van der Waals surface area contributed by atoms with Gasteiger partial charge in [0, 0.05) is 12.2 Å². The van der Waals surface area contributed by atoms with Gasteiger partial charge in [-0.05, 0) is 31.0 Å². The second-order valence-corrected chi connectivity index (χ2v) is 5.49. The molecule has 1 aliphatic carbocycles.